The van der Waals surface area contributed by atoms with Gasteiger partial charge in [0.2, 0.25) is 5.95 Å². The molecular formula is C12H24N4. The number of nitrogens with one attached hydrogen (secondary N) is 1. The third kappa shape index (κ3) is 2.76. The molecule has 1 rings (SSSR count). The van der Waals surface area contributed by atoms with Gasteiger partial charge in [0.15, 0.2) is 0 Å². The number of aromatic nitrogens is 2. The zero-order valence-electron chi connectivity index (χ0n) is 10.7. The molecule has 0 saturated carbocycles. The summed E-state index contributed by atoms with van der Waals surface area (Å²) in [7, 11) is 0. The molecule has 0 spiro atoms. The molecule has 1 aromatic heterocycles. The Balaban J connectivity index is 2.62. The van der Waals surface area contributed by atoms with Gasteiger partial charge in [-0.2, -0.15) is 0 Å². The van der Waals surface area contributed by atoms with Gasteiger partial charge in [-0.1, -0.05) is 13.8 Å². The molecule has 92 valence electrons. The van der Waals surface area contributed by atoms with E-state index in [0.29, 0.717) is 0 Å². The van der Waals surface area contributed by atoms with Crippen LogP contribution in [-0.4, -0.2) is 22.6 Å². The molecule has 0 aliphatic rings. The zero-order valence-corrected chi connectivity index (χ0v) is 10.7. The minimum atomic E-state index is 0.199. The molecule has 3 N–H and O–H groups in total. The zero-order chi connectivity index (χ0) is 12.0. The number of nitrogens with two attached hydrogens (primary N) is 1. The number of hydrogen-bond donors (Lipinski definition) is 2. The van der Waals surface area contributed by atoms with Crippen molar-refractivity contribution in [1.82, 2.24) is 9.55 Å². The van der Waals surface area contributed by atoms with Crippen molar-refractivity contribution >= 4 is 5.95 Å². The van der Waals surface area contributed by atoms with E-state index in [1.807, 2.05) is 12.4 Å². The molecule has 0 amide bonds. The molecule has 1 aromatic rings. The lowest BCUT2D eigenvalue weighted by atomic mass is 9.82. The van der Waals surface area contributed by atoms with E-state index in [9.17, 15) is 0 Å². The molecule has 0 unspecified atom stereocenters. The first-order valence-corrected chi connectivity index (χ1v) is 6.16. The lowest BCUT2D eigenvalue weighted by molar-refractivity contribution is 0.294. The topological polar surface area (TPSA) is 55.9 Å². The first kappa shape index (κ1) is 13.0. The van der Waals surface area contributed by atoms with Crippen LogP contribution in [0.2, 0.25) is 0 Å². The van der Waals surface area contributed by atoms with Crippen LogP contribution in [0.15, 0.2) is 12.4 Å². The number of hydrogen-bond acceptors (Lipinski definition) is 3. The van der Waals surface area contributed by atoms with E-state index in [0.717, 1.165) is 38.4 Å². The minimum Gasteiger partial charge on any atom is -0.355 e. The van der Waals surface area contributed by atoms with Crippen LogP contribution >= 0.6 is 0 Å². The van der Waals surface area contributed by atoms with Crippen LogP contribution in [0, 0.1) is 5.41 Å². The maximum Gasteiger partial charge on any atom is 0.202 e. The average Bonchev–Trinajstić information content (AvgIpc) is 2.79. The van der Waals surface area contributed by atoms with Gasteiger partial charge < -0.3 is 15.6 Å². The normalized spacial score (nSPS) is 11.8. The Kier molecular flexibility index (Phi) is 4.80. The largest absolute Gasteiger partial charge is 0.355 e. The third-order valence-electron chi connectivity index (χ3n) is 3.61. The Morgan fingerprint density at radius 3 is 2.56 bits per heavy atom. The number of aryl methyl sites for hydroxylation is 1. The second-order valence-electron chi connectivity index (χ2n) is 4.30. The van der Waals surface area contributed by atoms with Crippen LogP contribution in [-0.2, 0) is 6.54 Å². The Morgan fingerprint density at radius 1 is 1.38 bits per heavy atom. The molecule has 16 heavy (non-hydrogen) atoms. The van der Waals surface area contributed by atoms with Crippen molar-refractivity contribution in [3.8, 4) is 0 Å². The maximum absolute atomic E-state index is 5.87. The van der Waals surface area contributed by atoms with Crippen molar-refractivity contribution in [2.75, 3.05) is 18.4 Å². The first-order chi connectivity index (χ1) is 7.71. The lowest BCUT2D eigenvalue weighted by Gasteiger charge is -2.30. The lowest BCUT2D eigenvalue weighted by Crippen LogP contribution is -2.36. The summed E-state index contributed by atoms with van der Waals surface area (Å²) >= 11 is 0. The van der Waals surface area contributed by atoms with Crippen LogP contribution in [0.4, 0.5) is 5.95 Å². The predicted molar refractivity (Wildman–Crippen MR) is 68.5 cm³/mol. The summed E-state index contributed by atoms with van der Waals surface area (Å²) in [6, 6.07) is 0. The highest BCUT2D eigenvalue weighted by molar-refractivity contribution is 5.26. The van der Waals surface area contributed by atoms with Gasteiger partial charge >= 0.3 is 0 Å². The standard InChI is InChI=1S/C12H24N4/c1-4-12(5-2,9-13)10-15-11-14-7-8-16(11)6-3/h7-8H,4-6,9-10,13H2,1-3H3,(H,14,15). The van der Waals surface area contributed by atoms with E-state index in [2.05, 4.69) is 35.6 Å². The van der Waals surface area contributed by atoms with Gasteiger partial charge in [-0.15, -0.1) is 0 Å². The molecule has 1 heterocycles. The summed E-state index contributed by atoms with van der Waals surface area (Å²) in [4.78, 5) is 4.30. The summed E-state index contributed by atoms with van der Waals surface area (Å²) in [5, 5.41) is 3.41. The van der Waals surface area contributed by atoms with E-state index in [1.54, 1.807) is 0 Å². The molecule has 0 radical (unpaired) electrons. The highest BCUT2D eigenvalue weighted by Gasteiger charge is 2.24. The maximum atomic E-state index is 5.87. The average molecular weight is 224 g/mol. The smallest absolute Gasteiger partial charge is 0.202 e. The SMILES string of the molecule is CCn1ccnc1NCC(CC)(CC)CN. The van der Waals surface area contributed by atoms with Crippen molar-refractivity contribution in [1.29, 1.82) is 0 Å². The van der Waals surface area contributed by atoms with Gasteiger partial charge in [0.1, 0.15) is 0 Å². The summed E-state index contributed by atoms with van der Waals surface area (Å²) in [5.74, 6) is 0.947. The fourth-order valence-corrected chi connectivity index (χ4v) is 1.86. The van der Waals surface area contributed by atoms with Crippen molar-refractivity contribution in [3.05, 3.63) is 12.4 Å². The van der Waals surface area contributed by atoms with Gasteiger partial charge in [-0.25, -0.2) is 4.98 Å². The second kappa shape index (κ2) is 5.89. The van der Waals surface area contributed by atoms with Crippen LogP contribution in [0.1, 0.15) is 33.6 Å². The minimum absolute atomic E-state index is 0.199. The van der Waals surface area contributed by atoms with Crippen molar-refractivity contribution < 1.29 is 0 Å². The van der Waals surface area contributed by atoms with E-state index < -0.39 is 0 Å². The summed E-state index contributed by atoms with van der Waals surface area (Å²) < 4.78 is 2.10. The van der Waals surface area contributed by atoms with Crippen LogP contribution < -0.4 is 11.1 Å². The molecule has 0 aromatic carbocycles. The Bertz CT molecular complexity index is 293. The van der Waals surface area contributed by atoms with E-state index in [4.69, 9.17) is 5.73 Å². The fraction of sp³-hybridized carbons (Fsp3) is 0.750. The van der Waals surface area contributed by atoms with Crippen LogP contribution in [0.5, 0.6) is 0 Å². The predicted octanol–water partition coefficient (Wildman–Crippen LogP) is 2.08. The molecule has 0 saturated heterocycles. The molecular weight excluding hydrogens is 200 g/mol. The van der Waals surface area contributed by atoms with Gasteiger partial charge in [-0.05, 0) is 31.7 Å². The molecule has 0 bridgehead atoms. The van der Waals surface area contributed by atoms with E-state index >= 15 is 0 Å². The number of anilines is 1. The summed E-state index contributed by atoms with van der Waals surface area (Å²) in [6.45, 7) is 9.07. The third-order valence-corrected chi connectivity index (χ3v) is 3.61. The Morgan fingerprint density at radius 2 is 2.06 bits per heavy atom. The number of imidazole rings is 1. The molecule has 4 nitrogen and oxygen atoms in total. The van der Waals surface area contributed by atoms with Gasteiger partial charge in [0.05, 0.1) is 0 Å². The molecule has 0 fully saturated rings. The fourth-order valence-electron chi connectivity index (χ4n) is 1.86. The van der Waals surface area contributed by atoms with Gasteiger partial charge in [0.25, 0.3) is 0 Å². The summed E-state index contributed by atoms with van der Waals surface area (Å²) in [6.07, 6.45) is 6.01. The second-order valence-corrected chi connectivity index (χ2v) is 4.30. The van der Waals surface area contributed by atoms with Crippen molar-refractivity contribution in [3.63, 3.8) is 0 Å². The van der Waals surface area contributed by atoms with Crippen molar-refractivity contribution in [2.45, 2.75) is 40.2 Å². The van der Waals surface area contributed by atoms with Crippen LogP contribution in [0.25, 0.3) is 0 Å². The monoisotopic (exact) mass is 224 g/mol. The molecule has 0 aliphatic carbocycles. The molecule has 4 heteroatoms. The molecule has 0 atom stereocenters. The van der Waals surface area contributed by atoms with E-state index in [-0.39, 0.29) is 5.41 Å². The van der Waals surface area contributed by atoms with Gasteiger partial charge in [0, 0.05) is 25.5 Å². The first-order valence-electron chi connectivity index (χ1n) is 6.16. The van der Waals surface area contributed by atoms with Gasteiger partial charge in [-0.3, -0.25) is 0 Å². The Labute approximate surface area is 98.2 Å². The highest BCUT2D eigenvalue weighted by Crippen LogP contribution is 2.25. The Hall–Kier alpha value is -1.03. The quantitative estimate of drug-likeness (QED) is 0.745. The van der Waals surface area contributed by atoms with Crippen molar-refractivity contribution in [2.24, 2.45) is 11.1 Å². The number of nitrogens with zero attached hydrogens (tertiary/aromatic N) is 2. The highest BCUT2D eigenvalue weighted by atomic mass is 15.2. The molecule has 0 aliphatic heterocycles. The summed E-state index contributed by atoms with van der Waals surface area (Å²) in [5.41, 5.74) is 6.07. The van der Waals surface area contributed by atoms with Crippen LogP contribution in [0.3, 0.4) is 0 Å². The number of rotatable bonds is 7. The van der Waals surface area contributed by atoms with E-state index in [1.165, 1.54) is 0 Å².